The maximum atomic E-state index is 4.83. The second-order valence-electron chi connectivity index (χ2n) is 1.65. The van der Waals surface area contributed by atoms with E-state index in [-0.39, 0.29) is 6.17 Å². The number of nitrogens with zero attached hydrogens (tertiary/aromatic N) is 2. The van der Waals surface area contributed by atoms with Gasteiger partial charge in [0.1, 0.15) is 0 Å². The zero-order valence-corrected chi connectivity index (χ0v) is 4.91. The summed E-state index contributed by atoms with van der Waals surface area (Å²) >= 11 is 0. The van der Waals surface area contributed by atoms with E-state index in [1.54, 1.807) is 6.20 Å². The van der Waals surface area contributed by atoms with Gasteiger partial charge in [-0.1, -0.05) is 5.22 Å². The van der Waals surface area contributed by atoms with Crippen LogP contribution in [-0.2, 0) is 0 Å². The van der Waals surface area contributed by atoms with Crippen LogP contribution in [0, 0.1) is 0 Å². The predicted molar refractivity (Wildman–Crippen MR) is 33.1 cm³/mol. The highest BCUT2D eigenvalue weighted by Crippen LogP contribution is 1.88. The van der Waals surface area contributed by atoms with Crippen molar-refractivity contribution in [3.63, 3.8) is 0 Å². The second kappa shape index (κ2) is 2.91. The Labute approximate surface area is 53.0 Å². The Hall–Kier alpha value is -1.26. The van der Waals surface area contributed by atoms with Gasteiger partial charge >= 0.3 is 0 Å². The molecule has 1 aliphatic heterocycles. The third-order valence-corrected chi connectivity index (χ3v) is 1.01. The Morgan fingerprint density at radius 1 is 1.56 bits per heavy atom. The van der Waals surface area contributed by atoms with Gasteiger partial charge in [0.25, 0.3) is 0 Å². The summed E-state index contributed by atoms with van der Waals surface area (Å²) in [6.45, 7) is 0.733. The highest BCUT2D eigenvalue weighted by Gasteiger charge is 2.03. The summed E-state index contributed by atoms with van der Waals surface area (Å²) in [5, 5.41) is 12.7. The number of hydrogen-bond donors (Lipinski definition) is 3. The van der Waals surface area contributed by atoms with Gasteiger partial charge < -0.3 is 16.5 Å². The summed E-state index contributed by atoms with van der Waals surface area (Å²) in [4.78, 5) is 0. The van der Waals surface area contributed by atoms with Crippen molar-refractivity contribution in [2.75, 3.05) is 6.54 Å². The van der Waals surface area contributed by atoms with E-state index in [9.17, 15) is 0 Å². The molecule has 0 fully saturated rings. The molecule has 1 atom stereocenters. The van der Waals surface area contributed by atoms with Gasteiger partial charge in [-0.3, -0.25) is 0 Å². The molecule has 9 heavy (non-hydrogen) atoms. The Morgan fingerprint density at radius 2 is 2.44 bits per heavy atom. The van der Waals surface area contributed by atoms with Gasteiger partial charge in [-0.25, -0.2) is 0 Å². The van der Waals surface area contributed by atoms with Crippen LogP contribution < -0.4 is 16.5 Å². The highest BCUT2D eigenvalue weighted by molar-refractivity contribution is 4.87. The summed E-state index contributed by atoms with van der Waals surface area (Å²) in [5.41, 5.74) is 0. The molecule has 1 aliphatic rings. The molecule has 0 radical (unpaired) electrons. The third kappa shape index (κ3) is 1.60. The lowest BCUT2D eigenvalue weighted by atomic mass is 10.4. The van der Waals surface area contributed by atoms with Gasteiger partial charge in [0.2, 0.25) is 0 Å². The average Bonchev–Trinajstić information content (AvgIpc) is 1.91. The quantitative estimate of drug-likeness (QED) is 0.248. The molecule has 0 aromatic carbocycles. The third-order valence-electron chi connectivity index (χ3n) is 1.01. The van der Waals surface area contributed by atoms with Crippen LogP contribution in [0.2, 0.25) is 0 Å². The molecule has 5 nitrogen and oxygen atoms in total. The summed E-state index contributed by atoms with van der Waals surface area (Å²) in [6, 6.07) is 0. The van der Waals surface area contributed by atoms with E-state index in [2.05, 4.69) is 21.0 Å². The van der Waals surface area contributed by atoms with Crippen LogP contribution >= 0.6 is 0 Å². The Balaban J connectivity index is 2.35. The lowest BCUT2D eigenvalue weighted by Gasteiger charge is -2.14. The van der Waals surface area contributed by atoms with E-state index in [0.717, 1.165) is 6.54 Å². The first-order valence-corrected chi connectivity index (χ1v) is 2.68. The Bertz CT molecular complexity index is 129. The first-order chi connectivity index (χ1) is 4.43. The summed E-state index contributed by atoms with van der Waals surface area (Å²) in [7, 11) is 0. The fraction of sp³-hybridized carbons (Fsp3) is 0.500. The molecule has 0 saturated carbocycles. The molecular formula is C4H9N5. The number of nitrogens with one attached hydrogen (secondary N) is 2. The van der Waals surface area contributed by atoms with Crippen LogP contribution in [0.5, 0.6) is 0 Å². The van der Waals surface area contributed by atoms with Crippen LogP contribution in [0.1, 0.15) is 0 Å². The molecule has 5 heteroatoms. The zero-order valence-electron chi connectivity index (χ0n) is 4.91. The minimum absolute atomic E-state index is 0.0139. The second-order valence-corrected chi connectivity index (χ2v) is 1.65. The van der Waals surface area contributed by atoms with Gasteiger partial charge in [0, 0.05) is 12.4 Å². The van der Waals surface area contributed by atoms with Crippen molar-refractivity contribution in [2.45, 2.75) is 6.17 Å². The molecular weight excluding hydrogens is 118 g/mol. The number of nitrogens with two attached hydrogens (primary N) is 1. The van der Waals surface area contributed by atoms with Crippen molar-refractivity contribution in [3.8, 4) is 0 Å². The fourth-order valence-electron chi connectivity index (χ4n) is 0.611. The van der Waals surface area contributed by atoms with Crippen molar-refractivity contribution in [3.05, 3.63) is 12.4 Å². The summed E-state index contributed by atoms with van der Waals surface area (Å²) < 4.78 is 0. The highest BCUT2D eigenvalue weighted by atomic mass is 15.4. The molecule has 0 bridgehead atoms. The van der Waals surface area contributed by atoms with Gasteiger partial charge in [0.15, 0.2) is 6.17 Å². The lowest BCUT2D eigenvalue weighted by molar-refractivity contribution is 0.530. The van der Waals surface area contributed by atoms with Crippen LogP contribution in [0.25, 0.3) is 0 Å². The average molecular weight is 127 g/mol. The molecule has 4 N–H and O–H groups in total. The molecule has 0 saturated heterocycles. The molecule has 0 spiro atoms. The van der Waals surface area contributed by atoms with Crippen molar-refractivity contribution >= 4 is 0 Å². The van der Waals surface area contributed by atoms with Gasteiger partial charge in [-0.15, -0.1) is 5.11 Å². The maximum absolute atomic E-state index is 4.83. The molecule has 0 amide bonds. The Morgan fingerprint density at radius 3 is 3.00 bits per heavy atom. The molecule has 0 aliphatic carbocycles. The molecule has 1 rings (SSSR count). The normalized spacial score (nSPS) is 25.6. The van der Waals surface area contributed by atoms with E-state index in [4.69, 9.17) is 5.84 Å². The SMILES string of the molecule is NN=NC1CNC=CN1. The van der Waals surface area contributed by atoms with Crippen LogP contribution in [0.3, 0.4) is 0 Å². The zero-order chi connectivity index (χ0) is 6.53. The largest absolute Gasteiger partial charge is 0.386 e. The number of hydrogen-bond acceptors (Lipinski definition) is 4. The minimum atomic E-state index is -0.0139. The topological polar surface area (TPSA) is 74.8 Å². The lowest BCUT2D eigenvalue weighted by Crippen LogP contribution is -2.36. The van der Waals surface area contributed by atoms with E-state index in [1.165, 1.54) is 0 Å². The van der Waals surface area contributed by atoms with Crippen molar-refractivity contribution in [1.29, 1.82) is 0 Å². The fourth-order valence-corrected chi connectivity index (χ4v) is 0.611. The summed E-state index contributed by atoms with van der Waals surface area (Å²) in [6.07, 6.45) is 3.56. The van der Waals surface area contributed by atoms with E-state index < -0.39 is 0 Å². The minimum Gasteiger partial charge on any atom is -0.386 e. The smallest absolute Gasteiger partial charge is 0.158 e. The molecule has 50 valence electrons. The van der Waals surface area contributed by atoms with Crippen LogP contribution in [0.4, 0.5) is 0 Å². The molecule has 0 aromatic rings. The van der Waals surface area contributed by atoms with E-state index >= 15 is 0 Å². The molecule has 0 aromatic heterocycles. The maximum Gasteiger partial charge on any atom is 0.158 e. The van der Waals surface area contributed by atoms with Crippen LogP contribution in [-0.4, -0.2) is 12.7 Å². The van der Waals surface area contributed by atoms with Crippen molar-refractivity contribution < 1.29 is 0 Å². The molecule has 1 heterocycles. The molecule has 1 unspecified atom stereocenters. The first kappa shape index (κ1) is 5.87. The van der Waals surface area contributed by atoms with E-state index in [1.807, 2.05) is 6.20 Å². The standard InChI is InChI=1S/C4H9N5/c5-9-8-4-3-6-1-2-7-4/h1-2,4,6-7H,3H2,(H2,5,8). The van der Waals surface area contributed by atoms with Crippen molar-refractivity contribution in [2.24, 2.45) is 16.2 Å². The predicted octanol–water partition coefficient (Wildman–Crippen LogP) is -0.698. The van der Waals surface area contributed by atoms with E-state index in [0.29, 0.717) is 0 Å². The van der Waals surface area contributed by atoms with Crippen molar-refractivity contribution in [1.82, 2.24) is 10.6 Å². The monoisotopic (exact) mass is 127 g/mol. The number of rotatable bonds is 1. The Kier molecular flexibility index (Phi) is 1.90. The van der Waals surface area contributed by atoms with Gasteiger partial charge in [-0.05, 0) is 0 Å². The van der Waals surface area contributed by atoms with Crippen LogP contribution in [0.15, 0.2) is 22.7 Å². The first-order valence-electron chi connectivity index (χ1n) is 2.68. The van der Waals surface area contributed by atoms with Gasteiger partial charge in [-0.2, -0.15) is 0 Å². The summed E-state index contributed by atoms with van der Waals surface area (Å²) in [5.74, 6) is 4.83. The van der Waals surface area contributed by atoms with Gasteiger partial charge in [0.05, 0.1) is 6.54 Å².